The Morgan fingerprint density at radius 1 is 1.25 bits per heavy atom. The highest BCUT2D eigenvalue weighted by molar-refractivity contribution is 5.84. The van der Waals surface area contributed by atoms with Gasteiger partial charge in [0.15, 0.2) is 0 Å². The summed E-state index contributed by atoms with van der Waals surface area (Å²) in [6, 6.07) is 3.44. The van der Waals surface area contributed by atoms with Crippen molar-refractivity contribution in [1.82, 2.24) is 9.58 Å². The third kappa shape index (κ3) is 7.10. The average Bonchev–Trinajstić information content (AvgIpc) is 2.70. The van der Waals surface area contributed by atoms with Gasteiger partial charge in [-0.25, -0.2) is 14.5 Å². The van der Waals surface area contributed by atoms with Gasteiger partial charge < -0.3 is 14.7 Å². The molecule has 9 nitrogen and oxygen atoms in total. The fourth-order valence-corrected chi connectivity index (χ4v) is 3.70. The summed E-state index contributed by atoms with van der Waals surface area (Å²) < 4.78 is 6.64. The first-order valence-electron chi connectivity index (χ1n) is 11.1. The molecule has 1 aromatic rings. The Kier molecular flexibility index (Phi) is 8.46. The number of aromatic nitrogens is 1. The number of pyridine rings is 1. The smallest absolute Gasteiger partial charge is 0.410 e. The summed E-state index contributed by atoms with van der Waals surface area (Å²) >= 11 is 0. The molecule has 178 valence electrons. The summed E-state index contributed by atoms with van der Waals surface area (Å²) in [4.78, 5) is 50.2. The molecule has 1 aromatic heterocycles. The van der Waals surface area contributed by atoms with Crippen molar-refractivity contribution in [2.45, 2.75) is 65.9 Å². The van der Waals surface area contributed by atoms with Crippen LogP contribution in [0.3, 0.4) is 0 Å². The van der Waals surface area contributed by atoms with Gasteiger partial charge in [-0.2, -0.15) is 0 Å². The highest BCUT2D eigenvalue weighted by Crippen LogP contribution is 2.23. The van der Waals surface area contributed by atoms with Crippen molar-refractivity contribution < 1.29 is 24.2 Å². The molecule has 1 atom stereocenters. The van der Waals surface area contributed by atoms with Gasteiger partial charge in [0, 0.05) is 31.8 Å². The van der Waals surface area contributed by atoms with Crippen LogP contribution in [0.5, 0.6) is 0 Å². The van der Waals surface area contributed by atoms with Gasteiger partial charge in [0.2, 0.25) is 5.91 Å². The molecule has 0 spiro atoms. The third-order valence-corrected chi connectivity index (χ3v) is 5.59. The number of ether oxygens (including phenoxy) is 1. The molecule has 0 unspecified atom stereocenters. The molecule has 0 aliphatic carbocycles. The maximum Gasteiger partial charge on any atom is 0.410 e. The number of carbonyl (C=O) groups is 3. The Morgan fingerprint density at radius 3 is 2.41 bits per heavy atom. The van der Waals surface area contributed by atoms with Crippen molar-refractivity contribution in [1.29, 1.82) is 0 Å². The molecule has 2 heterocycles. The molecular weight excluding hydrogens is 414 g/mol. The van der Waals surface area contributed by atoms with Gasteiger partial charge in [0.1, 0.15) is 5.60 Å². The molecule has 32 heavy (non-hydrogen) atoms. The third-order valence-electron chi connectivity index (χ3n) is 5.59. The van der Waals surface area contributed by atoms with E-state index in [-0.39, 0.29) is 18.2 Å². The van der Waals surface area contributed by atoms with Crippen LogP contribution in [0.2, 0.25) is 0 Å². The SMILES string of the molecule is CC(=O)N(C[C@@H](C)C(=O)O)n1cccc(CCC2CCN(C(=O)OC(C)(C)C)CC2)c1=O. The maximum atomic E-state index is 13.0. The predicted octanol–water partition coefficient (Wildman–Crippen LogP) is 2.63. The van der Waals surface area contributed by atoms with Crippen LogP contribution in [0, 0.1) is 11.8 Å². The molecule has 1 fully saturated rings. The number of amides is 2. The largest absolute Gasteiger partial charge is 0.481 e. The van der Waals surface area contributed by atoms with Gasteiger partial charge in [-0.3, -0.25) is 14.4 Å². The minimum absolute atomic E-state index is 0.0862. The average molecular weight is 450 g/mol. The van der Waals surface area contributed by atoms with Gasteiger partial charge in [-0.15, -0.1) is 0 Å². The quantitative estimate of drug-likeness (QED) is 0.685. The molecule has 1 saturated heterocycles. The van der Waals surface area contributed by atoms with Gasteiger partial charge in [0.05, 0.1) is 12.5 Å². The summed E-state index contributed by atoms with van der Waals surface area (Å²) in [5.74, 6) is -1.84. The number of carboxylic acids is 1. The molecule has 2 rings (SSSR count). The molecule has 0 saturated carbocycles. The normalized spacial score (nSPS) is 15.8. The number of likely N-dealkylation sites (tertiary alicyclic amines) is 1. The van der Waals surface area contributed by atoms with Crippen LogP contribution in [-0.4, -0.2) is 57.9 Å². The molecule has 9 heteroatoms. The topological polar surface area (TPSA) is 109 Å². The molecule has 1 aliphatic rings. The van der Waals surface area contributed by atoms with Crippen LogP contribution < -0.4 is 10.6 Å². The summed E-state index contributed by atoms with van der Waals surface area (Å²) in [5.41, 5.74) is -0.250. The van der Waals surface area contributed by atoms with Crippen LogP contribution in [0.4, 0.5) is 4.79 Å². The second kappa shape index (κ2) is 10.7. The van der Waals surface area contributed by atoms with E-state index in [4.69, 9.17) is 9.84 Å². The molecule has 1 N–H and O–H groups in total. The Labute approximate surface area is 188 Å². The molecule has 0 bridgehead atoms. The van der Waals surface area contributed by atoms with Crippen molar-refractivity contribution in [3.8, 4) is 0 Å². The van der Waals surface area contributed by atoms with E-state index < -0.39 is 23.4 Å². The van der Waals surface area contributed by atoms with Gasteiger partial charge >= 0.3 is 12.1 Å². The number of carbonyl (C=O) groups excluding carboxylic acids is 2. The van der Waals surface area contributed by atoms with E-state index in [1.807, 2.05) is 20.8 Å². The van der Waals surface area contributed by atoms with Crippen LogP contribution in [0.25, 0.3) is 0 Å². The lowest BCUT2D eigenvalue weighted by atomic mass is 9.91. The number of aliphatic carboxylic acids is 1. The van der Waals surface area contributed by atoms with Crippen LogP contribution in [0.1, 0.15) is 59.4 Å². The molecule has 0 aromatic carbocycles. The molecule has 1 aliphatic heterocycles. The zero-order valence-electron chi connectivity index (χ0n) is 19.7. The molecular formula is C23H35N3O6. The van der Waals surface area contributed by atoms with E-state index in [9.17, 15) is 19.2 Å². The van der Waals surface area contributed by atoms with E-state index in [0.29, 0.717) is 31.0 Å². The van der Waals surface area contributed by atoms with Gasteiger partial charge in [0.25, 0.3) is 5.56 Å². The van der Waals surface area contributed by atoms with Crippen LogP contribution in [0.15, 0.2) is 23.1 Å². The minimum atomic E-state index is -1.03. The van der Waals surface area contributed by atoms with Crippen molar-refractivity contribution in [2.24, 2.45) is 11.8 Å². The Morgan fingerprint density at radius 2 is 1.88 bits per heavy atom. The first-order valence-corrected chi connectivity index (χ1v) is 11.1. The number of carboxylic acid groups (broad SMARTS) is 1. The fraction of sp³-hybridized carbons (Fsp3) is 0.652. The molecule has 0 radical (unpaired) electrons. The fourth-order valence-electron chi connectivity index (χ4n) is 3.70. The Balaban J connectivity index is 1.99. The predicted molar refractivity (Wildman–Crippen MR) is 120 cm³/mol. The van der Waals surface area contributed by atoms with Crippen molar-refractivity contribution in [3.63, 3.8) is 0 Å². The number of nitrogens with zero attached hydrogens (tertiary/aromatic N) is 3. The van der Waals surface area contributed by atoms with E-state index in [2.05, 4.69) is 0 Å². The van der Waals surface area contributed by atoms with E-state index in [1.54, 1.807) is 17.0 Å². The van der Waals surface area contributed by atoms with E-state index in [0.717, 1.165) is 19.3 Å². The number of rotatable bonds is 7. The first kappa shape index (κ1) is 25.4. The summed E-state index contributed by atoms with van der Waals surface area (Å²) in [7, 11) is 0. The standard InChI is InChI=1S/C23H35N3O6/c1-16(21(29)30)15-26(17(2)27)25-12-6-7-19(20(25)28)9-8-18-10-13-24(14-11-18)22(31)32-23(3,4)5/h6-7,12,16,18H,8-11,13-15H2,1-5H3,(H,29,30)/t16-/m1/s1. The number of hydrogen-bond acceptors (Lipinski definition) is 5. The Bertz CT molecular complexity index is 880. The molecule has 2 amide bonds. The van der Waals surface area contributed by atoms with Crippen LogP contribution >= 0.6 is 0 Å². The maximum absolute atomic E-state index is 13.0. The summed E-state index contributed by atoms with van der Waals surface area (Å²) in [6.07, 6.45) is 4.23. The second-order valence-electron chi connectivity index (χ2n) is 9.47. The highest BCUT2D eigenvalue weighted by Gasteiger charge is 2.27. The second-order valence-corrected chi connectivity index (χ2v) is 9.47. The number of hydrogen-bond donors (Lipinski definition) is 1. The van der Waals surface area contributed by atoms with Gasteiger partial charge in [-0.05, 0) is 58.4 Å². The lowest BCUT2D eigenvalue weighted by Crippen LogP contribution is -2.48. The first-order chi connectivity index (χ1) is 14.9. The Hall–Kier alpha value is -2.84. The zero-order valence-corrected chi connectivity index (χ0v) is 19.7. The lowest BCUT2D eigenvalue weighted by molar-refractivity contribution is -0.140. The highest BCUT2D eigenvalue weighted by atomic mass is 16.6. The van der Waals surface area contributed by atoms with Crippen molar-refractivity contribution in [3.05, 3.63) is 34.2 Å². The van der Waals surface area contributed by atoms with E-state index in [1.165, 1.54) is 29.7 Å². The number of aryl methyl sites for hydroxylation is 1. The monoisotopic (exact) mass is 449 g/mol. The van der Waals surface area contributed by atoms with Crippen LogP contribution in [-0.2, 0) is 20.7 Å². The number of piperidine rings is 1. The minimum Gasteiger partial charge on any atom is -0.481 e. The lowest BCUT2D eigenvalue weighted by Gasteiger charge is -2.33. The van der Waals surface area contributed by atoms with E-state index >= 15 is 0 Å². The summed E-state index contributed by atoms with van der Waals surface area (Å²) in [5, 5.41) is 10.3. The zero-order chi connectivity index (χ0) is 24.1. The van der Waals surface area contributed by atoms with Gasteiger partial charge in [-0.1, -0.05) is 13.0 Å². The van der Waals surface area contributed by atoms with Crippen molar-refractivity contribution in [2.75, 3.05) is 24.6 Å². The van der Waals surface area contributed by atoms with Crippen molar-refractivity contribution >= 4 is 18.0 Å². The summed E-state index contributed by atoms with van der Waals surface area (Å²) in [6.45, 7) is 9.52.